The van der Waals surface area contributed by atoms with E-state index < -0.39 is 11.9 Å². The van der Waals surface area contributed by atoms with Crippen LogP contribution < -0.4 is 19.3 Å². The summed E-state index contributed by atoms with van der Waals surface area (Å²) < 4.78 is 11.1. The molecule has 2 aliphatic heterocycles. The van der Waals surface area contributed by atoms with Gasteiger partial charge in [-0.25, -0.2) is 9.59 Å². The number of carboxylic acids is 2. The van der Waals surface area contributed by atoms with E-state index in [9.17, 15) is 9.59 Å². The van der Waals surface area contributed by atoms with E-state index in [0.717, 1.165) is 44.2 Å². The highest BCUT2D eigenvalue weighted by molar-refractivity contribution is 5.89. The molecule has 4 rings (SSSR count). The van der Waals surface area contributed by atoms with Crippen LogP contribution >= 0.6 is 0 Å². The van der Waals surface area contributed by atoms with E-state index in [1.165, 1.54) is 23.4 Å². The van der Waals surface area contributed by atoms with Gasteiger partial charge >= 0.3 is 11.9 Å². The number of hydrogen-bond donors (Lipinski definition) is 2. The molecule has 1 saturated heterocycles. The fourth-order valence-corrected chi connectivity index (χ4v) is 4.97. The molecule has 0 bridgehead atoms. The maximum atomic E-state index is 9.55. The number of piperazine rings is 1. The van der Waals surface area contributed by atoms with Crippen LogP contribution in [0, 0.1) is 0 Å². The fraction of sp³-hybridized carbons (Fsp3) is 0.429. The maximum absolute atomic E-state index is 9.55. The van der Waals surface area contributed by atoms with E-state index in [2.05, 4.69) is 71.1 Å². The minimum Gasteiger partial charge on any atom is -0.493 e. The number of anilines is 2. The number of para-hydroxylation sites is 1. The Bertz CT molecular complexity index is 1070. The largest absolute Gasteiger partial charge is 0.493 e. The first kappa shape index (κ1) is 27.9. The van der Waals surface area contributed by atoms with Gasteiger partial charge in [-0.05, 0) is 43.7 Å². The van der Waals surface area contributed by atoms with E-state index in [1.807, 2.05) is 0 Å². The third-order valence-electron chi connectivity index (χ3n) is 7.12. The molecular formula is C28H37N3O6. The summed E-state index contributed by atoms with van der Waals surface area (Å²) in [5.74, 6) is -0.361. The molecule has 2 aromatic carbocycles. The van der Waals surface area contributed by atoms with Crippen LogP contribution in [0.25, 0.3) is 0 Å². The van der Waals surface area contributed by atoms with Gasteiger partial charge in [0.05, 0.1) is 14.2 Å². The maximum Gasteiger partial charge on any atom is 0.328 e. The molecule has 0 saturated carbocycles. The van der Waals surface area contributed by atoms with E-state index in [1.54, 1.807) is 14.2 Å². The topological polar surface area (TPSA) is 103 Å². The Morgan fingerprint density at radius 1 is 0.946 bits per heavy atom. The minimum absolute atomic E-state index is 0.479. The lowest BCUT2D eigenvalue weighted by molar-refractivity contribution is -0.134. The van der Waals surface area contributed by atoms with E-state index in [-0.39, 0.29) is 0 Å². The van der Waals surface area contributed by atoms with Gasteiger partial charge < -0.3 is 29.5 Å². The van der Waals surface area contributed by atoms with Crippen LogP contribution in [0.4, 0.5) is 11.4 Å². The SMILES string of the molecule is COc1cc2c(cc1OC)N(C)[C@@H](C)[C@H]2CCN1CCN(c2ccccc2)CC1.O=C(O)C=CC(=O)O. The second-order valence-corrected chi connectivity index (χ2v) is 9.19. The Morgan fingerprint density at radius 3 is 2.05 bits per heavy atom. The number of nitrogens with zero attached hydrogens (tertiary/aromatic N) is 3. The summed E-state index contributed by atoms with van der Waals surface area (Å²) in [6.45, 7) is 7.93. The van der Waals surface area contributed by atoms with Crippen LogP contribution in [0.1, 0.15) is 24.8 Å². The van der Waals surface area contributed by atoms with Crippen molar-refractivity contribution in [3.05, 3.63) is 60.2 Å². The molecule has 2 heterocycles. The van der Waals surface area contributed by atoms with Crippen LogP contribution in [0.5, 0.6) is 11.5 Å². The summed E-state index contributed by atoms with van der Waals surface area (Å²) in [7, 11) is 5.61. The van der Waals surface area contributed by atoms with Gasteiger partial charge in [0, 0.05) is 74.8 Å². The molecule has 9 heteroatoms. The predicted molar refractivity (Wildman–Crippen MR) is 144 cm³/mol. The van der Waals surface area contributed by atoms with Crippen molar-refractivity contribution in [2.75, 3.05) is 63.8 Å². The number of benzene rings is 2. The zero-order chi connectivity index (χ0) is 26.9. The second kappa shape index (κ2) is 13.0. The first-order chi connectivity index (χ1) is 17.7. The van der Waals surface area contributed by atoms with Crippen LogP contribution in [0.3, 0.4) is 0 Å². The molecule has 2 aliphatic rings. The van der Waals surface area contributed by atoms with Gasteiger partial charge in [0.25, 0.3) is 0 Å². The predicted octanol–water partition coefficient (Wildman–Crippen LogP) is 3.55. The molecule has 0 aliphatic carbocycles. The number of aliphatic carboxylic acids is 2. The first-order valence-electron chi connectivity index (χ1n) is 12.4. The second-order valence-electron chi connectivity index (χ2n) is 9.19. The van der Waals surface area contributed by atoms with Gasteiger partial charge in [-0.15, -0.1) is 0 Å². The van der Waals surface area contributed by atoms with Crippen molar-refractivity contribution in [3.63, 3.8) is 0 Å². The zero-order valence-corrected chi connectivity index (χ0v) is 22.0. The van der Waals surface area contributed by atoms with Crippen LogP contribution in [0.2, 0.25) is 0 Å². The monoisotopic (exact) mass is 511 g/mol. The lowest BCUT2D eigenvalue weighted by Gasteiger charge is -2.36. The lowest BCUT2D eigenvalue weighted by Crippen LogP contribution is -2.47. The highest BCUT2D eigenvalue weighted by Crippen LogP contribution is 2.46. The average Bonchev–Trinajstić information content (AvgIpc) is 3.14. The van der Waals surface area contributed by atoms with Crippen molar-refractivity contribution >= 4 is 23.3 Å². The van der Waals surface area contributed by atoms with E-state index >= 15 is 0 Å². The fourth-order valence-electron chi connectivity index (χ4n) is 4.97. The van der Waals surface area contributed by atoms with Gasteiger partial charge in [-0.2, -0.15) is 0 Å². The van der Waals surface area contributed by atoms with Gasteiger partial charge in [0.15, 0.2) is 11.5 Å². The molecule has 0 amide bonds. The van der Waals surface area contributed by atoms with Crippen molar-refractivity contribution in [3.8, 4) is 11.5 Å². The van der Waals surface area contributed by atoms with Crippen molar-refractivity contribution in [2.24, 2.45) is 0 Å². The van der Waals surface area contributed by atoms with Gasteiger partial charge in [0.1, 0.15) is 0 Å². The molecular weight excluding hydrogens is 474 g/mol. The Balaban J connectivity index is 0.000000414. The molecule has 0 unspecified atom stereocenters. The molecule has 0 aromatic heterocycles. The van der Waals surface area contributed by atoms with E-state index in [4.69, 9.17) is 19.7 Å². The number of carbonyl (C=O) groups is 2. The van der Waals surface area contributed by atoms with Gasteiger partial charge in [0.2, 0.25) is 0 Å². The molecule has 1 fully saturated rings. The Morgan fingerprint density at radius 2 is 1.51 bits per heavy atom. The number of fused-ring (bicyclic) bond motifs is 1. The van der Waals surface area contributed by atoms with Gasteiger partial charge in [-0.1, -0.05) is 18.2 Å². The van der Waals surface area contributed by atoms with Crippen molar-refractivity contribution in [1.82, 2.24) is 4.90 Å². The highest BCUT2D eigenvalue weighted by Gasteiger charge is 2.35. The van der Waals surface area contributed by atoms with Gasteiger partial charge in [-0.3, -0.25) is 4.90 Å². The summed E-state index contributed by atoms with van der Waals surface area (Å²) in [4.78, 5) is 26.6. The smallest absolute Gasteiger partial charge is 0.328 e. The third kappa shape index (κ3) is 7.16. The molecule has 9 nitrogen and oxygen atoms in total. The highest BCUT2D eigenvalue weighted by atomic mass is 16.5. The molecule has 200 valence electrons. The molecule has 2 aromatic rings. The molecule has 2 atom stereocenters. The molecule has 37 heavy (non-hydrogen) atoms. The Hall–Kier alpha value is -3.72. The number of methoxy groups -OCH3 is 2. The summed E-state index contributed by atoms with van der Waals surface area (Å²) in [5, 5.41) is 15.6. The van der Waals surface area contributed by atoms with Crippen molar-refractivity contribution in [1.29, 1.82) is 0 Å². The molecule has 0 radical (unpaired) electrons. The van der Waals surface area contributed by atoms with Crippen molar-refractivity contribution < 1.29 is 29.3 Å². The first-order valence-corrected chi connectivity index (χ1v) is 12.4. The number of likely N-dealkylation sites (N-methyl/N-ethyl adjacent to an activating group) is 1. The summed E-state index contributed by atoms with van der Waals surface area (Å²) >= 11 is 0. The normalized spacial score (nSPS) is 19.2. The quantitative estimate of drug-likeness (QED) is 0.515. The number of hydrogen-bond acceptors (Lipinski definition) is 7. The zero-order valence-electron chi connectivity index (χ0n) is 22.0. The van der Waals surface area contributed by atoms with Crippen LogP contribution in [-0.2, 0) is 9.59 Å². The average molecular weight is 512 g/mol. The Kier molecular flexibility index (Phi) is 9.79. The number of ether oxygens (including phenoxy) is 2. The Labute approximate surface area is 218 Å². The lowest BCUT2D eigenvalue weighted by atomic mass is 9.92. The standard InChI is InChI=1S/C24H33N3O2.C4H4O4/c1-18-20(21-16-23(28-3)24(29-4)17-22(21)25(18)2)10-11-26-12-14-27(15-13-26)19-8-6-5-7-9-19;5-3(6)1-2-4(7)8/h5-9,16-18,20H,10-15H2,1-4H3;1-2H,(H,5,6)(H,7,8)/t18-,20+;/m0./s1. The summed E-state index contributed by atoms with van der Waals surface area (Å²) in [6, 6.07) is 15.6. The summed E-state index contributed by atoms with van der Waals surface area (Å²) in [6.07, 6.45) is 2.28. The third-order valence-corrected chi connectivity index (χ3v) is 7.12. The van der Waals surface area contributed by atoms with Crippen LogP contribution in [-0.4, -0.2) is 87.1 Å². The van der Waals surface area contributed by atoms with Crippen LogP contribution in [0.15, 0.2) is 54.6 Å². The number of rotatable bonds is 8. The van der Waals surface area contributed by atoms with E-state index in [0.29, 0.717) is 24.1 Å². The number of carboxylic acid groups (broad SMARTS) is 2. The summed E-state index contributed by atoms with van der Waals surface area (Å²) in [5.41, 5.74) is 4.00. The molecule has 0 spiro atoms. The molecule has 2 N–H and O–H groups in total. The van der Waals surface area contributed by atoms with Crippen molar-refractivity contribution in [2.45, 2.75) is 25.3 Å². The minimum atomic E-state index is -1.26.